The third-order valence-corrected chi connectivity index (χ3v) is 3.77. The molecular weight excluding hydrogens is 316 g/mol. The minimum atomic E-state index is -0.288. The average Bonchev–Trinajstić information content (AvgIpc) is 3.13. The lowest BCUT2D eigenvalue weighted by atomic mass is 10.1. The Hall–Kier alpha value is -2.60. The van der Waals surface area contributed by atoms with Gasteiger partial charge < -0.3 is 9.73 Å². The van der Waals surface area contributed by atoms with Gasteiger partial charge in [0.25, 0.3) is 5.91 Å². The van der Waals surface area contributed by atoms with Crippen LogP contribution in [0.5, 0.6) is 0 Å². The first-order valence-corrected chi connectivity index (χ1v) is 7.44. The van der Waals surface area contributed by atoms with Gasteiger partial charge in [-0.2, -0.15) is 5.10 Å². The Kier molecular flexibility index (Phi) is 4.16. The lowest BCUT2D eigenvalue weighted by Crippen LogP contribution is -2.23. The molecule has 0 unspecified atom stereocenters. The maximum atomic E-state index is 12.2. The van der Waals surface area contributed by atoms with Crippen LogP contribution in [0.4, 0.5) is 0 Å². The van der Waals surface area contributed by atoms with Crippen LogP contribution >= 0.6 is 11.6 Å². The molecule has 2 N–H and O–H groups in total. The number of nitrogens with one attached hydrogen (secondary N) is 2. The van der Waals surface area contributed by atoms with E-state index in [2.05, 4.69) is 20.5 Å². The predicted molar refractivity (Wildman–Crippen MR) is 86.2 cm³/mol. The fourth-order valence-corrected chi connectivity index (χ4v) is 2.34. The van der Waals surface area contributed by atoms with Crippen molar-refractivity contribution in [1.82, 2.24) is 20.5 Å². The molecule has 0 fully saturated rings. The highest BCUT2D eigenvalue weighted by atomic mass is 35.5. The quantitative estimate of drug-likeness (QED) is 0.769. The highest BCUT2D eigenvalue weighted by molar-refractivity contribution is 6.33. The molecule has 3 rings (SSSR count). The molecule has 2 aromatic heterocycles. The molecule has 3 aromatic rings. The van der Waals surface area contributed by atoms with Gasteiger partial charge in [-0.3, -0.25) is 9.89 Å². The Balaban J connectivity index is 1.70. The summed E-state index contributed by atoms with van der Waals surface area (Å²) >= 11 is 6.13. The summed E-state index contributed by atoms with van der Waals surface area (Å²) in [5.41, 5.74) is 2.55. The zero-order valence-corrected chi connectivity index (χ0v) is 13.4. The van der Waals surface area contributed by atoms with E-state index in [-0.39, 0.29) is 12.5 Å². The number of oxazole rings is 1. The van der Waals surface area contributed by atoms with Crippen molar-refractivity contribution in [3.05, 3.63) is 58.4 Å². The number of aromatic amines is 1. The van der Waals surface area contributed by atoms with Crippen molar-refractivity contribution < 1.29 is 9.21 Å². The highest BCUT2D eigenvalue weighted by Gasteiger charge is 2.14. The topological polar surface area (TPSA) is 83.8 Å². The molecule has 0 aliphatic heterocycles. The molecule has 1 amide bonds. The summed E-state index contributed by atoms with van der Waals surface area (Å²) in [6.45, 7) is 3.90. The number of H-pyrrole nitrogens is 1. The number of aromatic nitrogens is 3. The predicted octanol–water partition coefficient (Wildman–Crippen LogP) is 3.26. The largest absolute Gasteiger partial charge is 0.444 e. The van der Waals surface area contributed by atoms with Crippen LogP contribution < -0.4 is 5.32 Å². The maximum absolute atomic E-state index is 12.2. The molecule has 23 heavy (non-hydrogen) atoms. The number of carbonyl (C=O) groups is 1. The lowest BCUT2D eigenvalue weighted by molar-refractivity contribution is 0.0942. The molecule has 118 valence electrons. The van der Waals surface area contributed by atoms with Crippen LogP contribution in [0.1, 0.15) is 27.8 Å². The van der Waals surface area contributed by atoms with Gasteiger partial charge in [-0.1, -0.05) is 29.8 Å². The smallest absolute Gasteiger partial charge is 0.269 e. The van der Waals surface area contributed by atoms with Crippen LogP contribution in [0.15, 0.2) is 34.7 Å². The first kappa shape index (κ1) is 15.3. The summed E-state index contributed by atoms with van der Waals surface area (Å²) in [6, 6.07) is 8.98. The number of nitrogens with zero attached hydrogens (tertiary/aromatic N) is 2. The summed E-state index contributed by atoms with van der Waals surface area (Å²) in [5, 5.41) is 10.2. The van der Waals surface area contributed by atoms with Gasteiger partial charge in [0, 0.05) is 5.56 Å². The van der Waals surface area contributed by atoms with Gasteiger partial charge in [0.2, 0.25) is 5.89 Å². The Bertz CT molecular complexity index is 834. The second kappa shape index (κ2) is 6.26. The summed E-state index contributed by atoms with van der Waals surface area (Å²) in [4.78, 5) is 16.4. The number of carbonyl (C=O) groups excluding carboxylic acids is 1. The van der Waals surface area contributed by atoms with Crippen molar-refractivity contribution in [3.63, 3.8) is 0 Å². The normalized spacial score (nSPS) is 10.7. The zero-order chi connectivity index (χ0) is 16.4. The van der Waals surface area contributed by atoms with E-state index < -0.39 is 0 Å². The number of halogens is 1. The Labute approximate surface area is 137 Å². The molecule has 0 saturated carbocycles. The van der Waals surface area contributed by atoms with Crippen molar-refractivity contribution >= 4 is 17.5 Å². The average molecular weight is 331 g/mol. The molecule has 0 radical (unpaired) electrons. The van der Waals surface area contributed by atoms with Gasteiger partial charge in [0.1, 0.15) is 11.5 Å². The van der Waals surface area contributed by atoms with E-state index in [1.165, 1.54) is 0 Å². The van der Waals surface area contributed by atoms with Crippen molar-refractivity contribution in [2.45, 2.75) is 20.4 Å². The van der Waals surface area contributed by atoms with Crippen molar-refractivity contribution in [2.24, 2.45) is 0 Å². The van der Waals surface area contributed by atoms with Crippen LogP contribution in [0.2, 0.25) is 5.02 Å². The lowest BCUT2D eigenvalue weighted by Gasteiger charge is -1.99. The Morgan fingerprint density at radius 3 is 2.83 bits per heavy atom. The SMILES string of the molecule is Cc1nc(CNC(=O)c2cc(-c3ccccc3Cl)n[nH]2)oc1C. The highest BCUT2D eigenvalue weighted by Crippen LogP contribution is 2.26. The van der Waals surface area contributed by atoms with Crippen molar-refractivity contribution in [2.75, 3.05) is 0 Å². The van der Waals surface area contributed by atoms with Crippen LogP contribution in [0.25, 0.3) is 11.3 Å². The number of aryl methyl sites for hydroxylation is 2. The first-order chi connectivity index (χ1) is 11.0. The Morgan fingerprint density at radius 2 is 2.13 bits per heavy atom. The van der Waals surface area contributed by atoms with E-state index >= 15 is 0 Å². The summed E-state index contributed by atoms with van der Waals surface area (Å²) in [6.07, 6.45) is 0. The molecule has 0 aliphatic carbocycles. The molecule has 6 nitrogen and oxygen atoms in total. The number of amides is 1. The molecule has 0 aliphatic rings. The monoisotopic (exact) mass is 330 g/mol. The molecule has 7 heteroatoms. The van der Waals surface area contributed by atoms with E-state index in [4.69, 9.17) is 16.0 Å². The zero-order valence-electron chi connectivity index (χ0n) is 12.7. The minimum absolute atomic E-state index is 0.216. The summed E-state index contributed by atoms with van der Waals surface area (Å²) in [5.74, 6) is 0.931. The minimum Gasteiger partial charge on any atom is -0.444 e. The van der Waals surface area contributed by atoms with Crippen LogP contribution in [-0.2, 0) is 6.54 Å². The standard InChI is InChI=1S/C16H15ClN4O2/c1-9-10(2)23-15(19-9)8-18-16(22)14-7-13(20-21-14)11-5-3-4-6-12(11)17/h3-7H,8H2,1-2H3,(H,18,22)(H,20,21). The van der Waals surface area contributed by atoms with Crippen LogP contribution in [-0.4, -0.2) is 21.1 Å². The number of hydrogen-bond acceptors (Lipinski definition) is 4. The van der Waals surface area contributed by atoms with Crippen LogP contribution in [0, 0.1) is 13.8 Å². The molecule has 2 heterocycles. The second-order valence-corrected chi connectivity index (χ2v) is 5.49. The fraction of sp³-hybridized carbons (Fsp3) is 0.188. The molecular formula is C16H15ClN4O2. The van der Waals surface area contributed by atoms with Gasteiger partial charge in [0.05, 0.1) is 23.0 Å². The van der Waals surface area contributed by atoms with E-state index in [1.54, 1.807) is 12.1 Å². The van der Waals surface area contributed by atoms with Crippen molar-refractivity contribution in [3.8, 4) is 11.3 Å². The van der Waals surface area contributed by atoms with Gasteiger partial charge in [-0.15, -0.1) is 0 Å². The third kappa shape index (κ3) is 3.27. The van der Waals surface area contributed by atoms with Gasteiger partial charge in [-0.05, 0) is 26.0 Å². The van der Waals surface area contributed by atoms with Crippen molar-refractivity contribution in [1.29, 1.82) is 0 Å². The Morgan fingerprint density at radius 1 is 1.35 bits per heavy atom. The van der Waals surface area contributed by atoms with Crippen LogP contribution in [0.3, 0.4) is 0 Å². The van der Waals surface area contributed by atoms with E-state index in [1.807, 2.05) is 32.0 Å². The van der Waals surface area contributed by atoms with Gasteiger partial charge >= 0.3 is 0 Å². The second-order valence-electron chi connectivity index (χ2n) is 5.08. The summed E-state index contributed by atoms with van der Waals surface area (Å²) < 4.78 is 5.42. The van der Waals surface area contributed by atoms with Gasteiger partial charge in [0.15, 0.2) is 0 Å². The fourth-order valence-electron chi connectivity index (χ4n) is 2.11. The first-order valence-electron chi connectivity index (χ1n) is 7.06. The molecule has 0 spiro atoms. The third-order valence-electron chi connectivity index (χ3n) is 3.45. The number of hydrogen-bond donors (Lipinski definition) is 2. The van der Waals surface area contributed by atoms with Gasteiger partial charge in [-0.25, -0.2) is 4.98 Å². The van der Waals surface area contributed by atoms with E-state index in [0.29, 0.717) is 22.3 Å². The van der Waals surface area contributed by atoms with E-state index in [0.717, 1.165) is 17.0 Å². The maximum Gasteiger partial charge on any atom is 0.269 e. The number of benzene rings is 1. The molecule has 1 aromatic carbocycles. The van der Waals surface area contributed by atoms with E-state index in [9.17, 15) is 4.79 Å². The molecule has 0 atom stereocenters. The molecule has 0 saturated heterocycles. The number of rotatable bonds is 4. The molecule has 0 bridgehead atoms. The summed E-state index contributed by atoms with van der Waals surface area (Å²) in [7, 11) is 0.